The number of carbonyl (C=O) groups is 1. The smallest absolute Gasteiger partial charge is 0.314 e. The molecule has 0 radical (unpaired) electrons. The maximum atomic E-state index is 13.1. The molecule has 0 bridgehead atoms. The van der Waals surface area contributed by atoms with Gasteiger partial charge in [-0.1, -0.05) is 41.9 Å². The number of hydrogen-bond donors (Lipinski definition) is 1. The summed E-state index contributed by atoms with van der Waals surface area (Å²) in [5, 5.41) is 9.23. The first kappa shape index (κ1) is 17.9. The molecule has 0 aliphatic heterocycles. The molecule has 0 amide bonds. The van der Waals surface area contributed by atoms with Crippen LogP contribution in [0.5, 0.6) is 0 Å². The Morgan fingerprint density at radius 2 is 1.76 bits per heavy atom. The minimum absolute atomic E-state index is 0.109. The molecule has 2 aromatic carbocycles. The van der Waals surface area contributed by atoms with E-state index in [4.69, 9.17) is 16.3 Å². The number of benzene rings is 2. The molecule has 1 N–H and O–H groups in total. The average Bonchev–Trinajstić information content (AvgIpc) is 3.28. The standard InChI is InChI=1S/C18H17ClO5S/c1-24-11-18(17(20)21)15(12-7-9-13(19)10-8-12)16(18)25(22,23)14-5-3-2-4-6-14/h2-10,15-16H,11H2,1H3,(H,20,21)/t15-,16-,18+/m1/s1. The van der Waals surface area contributed by atoms with E-state index in [2.05, 4.69) is 0 Å². The quantitative estimate of drug-likeness (QED) is 0.833. The van der Waals surface area contributed by atoms with Crippen LogP contribution in [0, 0.1) is 5.41 Å². The fourth-order valence-electron chi connectivity index (χ4n) is 3.49. The van der Waals surface area contributed by atoms with Crippen molar-refractivity contribution in [3.63, 3.8) is 0 Å². The number of ether oxygens (including phenoxy) is 1. The summed E-state index contributed by atoms with van der Waals surface area (Å²) >= 11 is 5.89. The lowest BCUT2D eigenvalue weighted by atomic mass is 10.0. The Morgan fingerprint density at radius 3 is 2.28 bits per heavy atom. The molecule has 7 heteroatoms. The summed E-state index contributed by atoms with van der Waals surface area (Å²) < 4.78 is 31.3. The van der Waals surface area contributed by atoms with E-state index in [9.17, 15) is 18.3 Å². The minimum Gasteiger partial charge on any atom is -0.481 e. The van der Waals surface area contributed by atoms with Crippen LogP contribution in [0.15, 0.2) is 59.5 Å². The van der Waals surface area contributed by atoms with Crippen molar-refractivity contribution in [2.24, 2.45) is 5.41 Å². The van der Waals surface area contributed by atoms with Crippen molar-refractivity contribution in [2.45, 2.75) is 16.1 Å². The topological polar surface area (TPSA) is 80.7 Å². The maximum Gasteiger partial charge on any atom is 0.314 e. The highest BCUT2D eigenvalue weighted by atomic mass is 35.5. The second-order valence-corrected chi connectivity index (χ2v) is 8.59. The Hall–Kier alpha value is -1.89. The van der Waals surface area contributed by atoms with Gasteiger partial charge in [0.15, 0.2) is 9.84 Å². The van der Waals surface area contributed by atoms with Crippen molar-refractivity contribution in [1.82, 2.24) is 0 Å². The van der Waals surface area contributed by atoms with Crippen molar-refractivity contribution in [3.05, 3.63) is 65.2 Å². The fourth-order valence-corrected chi connectivity index (χ4v) is 5.99. The molecule has 2 aromatic rings. The van der Waals surface area contributed by atoms with Gasteiger partial charge in [0.25, 0.3) is 0 Å². The lowest BCUT2D eigenvalue weighted by Crippen LogP contribution is -2.28. The summed E-state index contributed by atoms with van der Waals surface area (Å²) in [5.74, 6) is -1.88. The fraction of sp³-hybridized carbons (Fsp3) is 0.278. The summed E-state index contributed by atoms with van der Waals surface area (Å²) in [6.45, 7) is -0.188. The van der Waals surface area contributed by atoms with E-state index in [0.717, 1.165) is 0 Å². The lowest BCUT2D eigenvalue weighted by molar-refractivity contribution is -0.145. The molecule has 1 aliphatic rings. The monoisotopic (exact) mass is 380 g/mol. The van der Waals surface area contributed by atoms with Crippen molar-refractivity contribution in [2.75, 3.05) is 13.7 Å². The molecule has 3 rings (SSSR count). The number of rotatable bonds is 6. The third-order valence-corrected chi connectivity index (χ3v) is 7.22. The Labute approximate surface area is 151 Å². The molecule has 1 fully saturated rings. The van der Waals surface area contributed by atoms with E-state index >= 15 is 0 Å². The molecular formula is C18H17ClO5S. The first-order valence-electron chi connectivity index (χ1n) is 7.62. The second kappa shape index (κ2) is 6.44. The highest BCUT2D eigenvalue weighted by Crippen LogP contribution is 2.64. The molecular weight excluding hydrogens is 364 g/mol. The van der Waals surface area contributed by atoms with E-state index in [-0.39, 0.29) is 11.5 Å². The van der Waals surface area contributed by atoms with E-state index in [0.29, 0.717) is 10.6 Å². The molecule has 3 atom stereocenters. The van der Waals surface area contributed by atoms with Gasteiger partial charge in [-0.25, -0.2) is 8.42 Å². The van der Waals surface area contributed by atoms with E-state index in [1.165, 1.54) is 19.2 Å². The predicted molar refractivity (Wildman–Crippen MR) is 93.6 cm³/mol. The number of hydrogen-bond acceptors (Lipinski definition) is 4. The van der Waals surface area contributed by atoms with Crippen LogP contribution in [0.1, 0.15) is 11.5 Å². The Morgan fingerprint density at radius 1 is 1.16 bits per heavy atom. The average molecular weight is 381 g/mol. The van der Waals surface area contributed by atoms with Gasteiger partial charge < -0.3 is 9.84 Å². The van der Waals surface area contributed by atoms with Gasteiger partial charge in [-0.3, -0.25) is 4.79 Å². The molecule has 132 valence electrons. The number of halogens is 1. The first-order valence-corrected chi connectivity index (χ1v) is 9.55. The van der Waals surface area contributed by atoms with Crippen LogP contribution in [-0.4, -0.2) is 38.5 Å². The Kier molecular flexibility index (Phi) is 4.62. The van der Waals surface area contributed by atoms with Crippen molar-refractivity contribution >= 4 is 27.4 Å². The van der Waals surface area contributed by atoms with Gasteiger partial charge in [0.1, 0.15) is 5.41 Å². The predicted octanol–water partition coefficient (Wildman–Crippen LogP) is 3.00. The van der Waals surface area contributed by atoms with E-state index in [1.54, 1.807) is 42.5 Å². The number of carboxylic acid groups (broad SMARTS) is 1. The highest BCUT2D eigenvalue weighted by Gasteiger charge is 2.76. The van der Waals surface area contributed by atoms with Crippen molar-refractivity contribution in [1.29, 1.82) is 0 Å². The van der Waals surface area contributed by atoms with Gasteiger partial charge in [-0.15, -0.1) is 0 Å². The molecule has 5 nitrogen and oxygen atoms in total. The zero-order valence-corrected chi connectivity index (χ0v) is 15.0. The Balaban J connectivity index is 2.12. The normalized spacial score (nSPS) is 25.5. The van der Waals surface area contributed by atoms with Crippen LogP contribution in [0.2, 0.25) is 5.02 Å². The third kappa shape index (κ3) is 2.84. The van der Waals surface area contributed by atoms with Gasteiger partial charge in [-0.05, 0) is 29.8 Å². The summed E-state index contributed by atoms with van der Waals surface area (Å²) in [6.07, 6.45) is 0. The lowest BCUT2D eigenvalue weighted by Gasteiger charge is -2.12. The molecule has 0 heterocycles. The van der Waals surface area contributed by atoms with Gasteiger partial charge >= 0.3 is 5.97 Å². The van der Waals surface area contributed by atoms with Gasteiger partial charge in [0.2, 0.25) is 0 Å². The Bertz CT molecular complexity index is 879. The third-order valence-electron chi connectivity index (χ3n) is 4.67. The molecule has 1 saturated carbocycles. The number of sulfone groups is 1. The van der Waals surface area contributed by atoms with Crippen LogP contribution >= 0.6 is 11.6 Å². The van der Waals surface area contributed by atoms with Gasteiger partial charge in [-0.2, -0.15) is 0 Å². The molecule has 0 unspecified atom stereocenters. The second-order valence-electron chi connectivity index (χ2n) is 6.09. The molecule has 25 heavy (non-hydrogen) atoms. The minimum atomic E-state index is -3.84. The van der Waals surface area contributed by atoms with E-state index in [1.807, 2.05) is 0 Å². The summed E-state index contributed by atoms with van der Waals surface area (Å²) in [5.41, 5.74) is -0.898. The zero-order chi connectivity index (χ0) is 18.2. The van der Waals surface area contributed by atoms with Crippen LogP contribution in [0.3, 0.4) is 0 Å². The number of aliphatic carboxylic acids is 1. The van der Waals surface area contributed by atoms with Crippen LogP contribution < -0.4 is 0 Å². The van der Waals surface area contributed by atoms with Crippen molar-refractivity contribution in [3.8, 4) is 0 Å². The van der Waals surface area contributed by atoms with Crippen LogP contribution in [0.4, 0.5) is 0 Å². The SMILES string of the molecule is COC[C@]1(C(=O)O)[C@H](c2ccc(Cl)cc2)[C@H]1S(=O)(=O)c1ccccc1. The largest absolute Gasteiger partial charge is 0.481 e. The summed E-state index contributed by atoms with van der Waals surface area (Å²) in [6, 6.07) is 14.5. The molecule has 1 aliphatic carbocycles. The first-order chi connectivity index (χ1) is 11.9. The van der Waals surface area contributed by atoms with Crippen LogP contribution in [0.25, 0.3) is 0 Å². The summed E-state index contributed by atoms with van der Waals surface area (Å²) in [4.78, 5) is 12.2. The molecule has 0 aromatic heterocycles. The van der Waals surface area contributed by atoms with E-state index < -0.39 is 32.4 Å². The zero-order valence-electron chi connectivity index (χ0n) is 13.4. The summed E-state index contributed by atoms with van der Waals surface area (Å²) in [7, 11) is -2.47. The molecule has 0 saturated heterocycles. The number of carboxylic acids is 1. The maximum absolute atomic E-state index is 13.1. The molecule has 0 spiro atoms. The van der Waals surface area contributed by atoms with Crippen LogP contribution in [-0.2, 0) is 19.4 Å². The van der Waals surface area contributed by atoms with Gasteiger partial charge in [0.05, 0.1) is 16.8 Å². The highest BCUT2D eigenvalue weighted by molar-refractivity contribution is 7.92. The van der Waals surface area contributed by atoms with Gasteiger partial charge in [0, 0.05) is 18.1 Å². The number of methoxy groups -OCH3 is 1. The van der Waals surface area contributed by atoms with Crippen molar-refractivity contribution < 1.29 is 23.1 Å².